The molecule has 0 fully saturated rings. The molecule has 0 amide bonds. The zero-order valence-corrected chi connectivity index (χ0v) is 11.7. The molecule has 0 bridgehead atoms. The van der Waals surface area contributed by atoms with Gasteiger partial charge in [-0.1, -0.05) is 25.1 Å². The summed E-state index contributed by atoms with van der Waals surface area (Å²) >= 11 is 0. The molecule has 104 valence electrons. The summed E-state index contributed by atoms with van der Waals surface area (Å²) in [5, 5.41) is 3.20. The van der Waals surface area contributed by atoms with E-state index < -0.39 is 0 Å². The van der Waals surface area contributed by atoms with Gasteiger partial charge in [-0.05, 0) is 48.7 Å². The number of hydrogen-bond donors (Lipinski definition) is 1. The zero-order chi connectivity index (χ0) is 14.5. The molecular formula is C17H18FNO. The number of halogens is 1. The van der Waals surface area contributed by atoms with Crippen LogP contribution in [0.15, 0.2) is 42.5 Å². The highest BCUT2D eigenvalue weighted by atomic mass is 19.1. The number of rotatable bonds is 5. The molecule has 20 heavy (non-hydrogen) atoms. The number of carbonyl (C=O) groups is 1. The van der Waals surface area contributed by atoms with Crippen LogP contribution in [0.4, 0.5) is 10.1 Å². The van der Waals surface area contributed by atoms with Gasteiger partial charge >= 0.3 is 0 Å². The van der Waals surface area contributed by atoms with Gasteiger partial charge in [0.1, 0.15) is 5.82 Å². The van der Waals surface area contributed by atoms with Crippen molar-refractivity contribution in [2.45, 2.75) is 20.3 Å². The van der Waals surface area contributed by atoms with Gasteiger partial charge < -0.3 is 5.32 Å². The largest absolute Gasteiger partial charge is 0.377 e. The first-order valence-electron chi connectivity index (χ1n) is 6.73. The van der Waals surface area contributed by atoms with Gasteiger partial charge in [-0.15, -0.1) is 0 Å². The summed E-state index contributed by atoms with van der Waals surface area (Å²) < 4.78 is 12.8. The molecule has 0 radical (unpaired) electrons. The molecule has 0 aliphatic carbocycles. The standard InChI is InChI=1S/C17H18FNO/c1-3-13-6-4-5-12(2)17(13)19-11-16(20)14-7-9-15(18)10-8-14/h4-10,19H,3,11H2,1-2H3. The number of para-hydroxylation sites is 1. The van der Waals surface area contributed by atoms with Gasteiger partial charge in [-0.2, -0.15) is 0 Å². The van der Waals surface area contributed by atoms with Gasteiger partial charge in [0.2, 0.25) is 0 Å². The topological polar surface area (TPSA) is 29.1 Å². The van der Waals surface area contributed by atoms with Crippen LogP contribution in [0.2, 0.25) is 0 Å². The Balaban J connectivity index is 2.09. The van der Waals surface area contributed by atoms with E-state index in [2.05, 4.69) is 18.3 Å². The lowest BCUT2D eigenvalue weighted by atomic mass is 10.1. The van der Waals surface area contributed by atoms with E-state index in [0.717, 1.165) is 17.7 Å². The summed E-state index contributed by atoms with van der Waals surface area (Å²) in [7, 11) is 0. The van der Waals surface area contributed by atoms with Crippen LogP contribution in [-0.4, -0.2) is 12.3 Å². The summed E-state index contributed by atoms with van der Waals surface area (Å²) in [6.45, 7) is 4.31. The van der Waals surface area contributed by atoms with Gasteiger partial charge in [0.25, 0.3) is 0 Å². The SMILES string of the molecule is CCc1cccc(C)c1NCC(=O)c1ccc(F)cc1. The molecule has 0 aromatic heterocycles. The Morgan fingerprint density at radius 1 is 1.15 bits per heavy atom. The highest BCUT2D eigenvalue weighted by molar-refractivity contribution is 5.99. The van der Waals surface area contributed by atoms with E-state index in [1.807, 2.05) is 19.1 Å². The van der Waals surface area contributed by atoms with Crippen molar-refractivity contribution in [3.05, 3.63) is 65.0 Å². The number of aryl methyl sites for hydroxylation is 2. The smallest absolute Gasteiger partial charge is 0.181 e. The van der Waals surface area contributed by atoms with Crippen molar-refractivity contribution >= 4 is 11.5 Å². The Hall–Kier alpha value is -2.16. The Labute approximate surface area is 118 Å². The predicted octanol–water partition coefficient (Wildman–Crippen LogP) is 3.99. The number of nitrogens with one attached hydrogen (secondary N) is 1. The maximum atomic E-state index is 12.8. The molecule has 0 atom stereocenters. The molecule has 0 unspecified atom stereocenters. The highest BCUT2D eigenvalue weighted by Crippen LogP contribution is 2.21. The fourth-order valence-corrected chi connectivity index (χ4v) is 2.18. The van der Waals surface area contributed by atoms with Crippen LogP contribution in [0.5, 0.6) is 0 Å². The number of hydrogen-bond acceptors (Lipinski definition) is 2. The number of anilines is 1. The number of carbonyl (C=O) groups excluding carboxylic acids is 1. The average Bonchev–Trinajstić information content (AvgIpc) is 2.46. The predicted molar refractivity (Wildman–Crippen MR) is 79.8 cm³/mol. The second-order valence-electron chi connectivity index (χ2n) is 4.75. The van der Waals surface area contributed by atoms with E-state index in [0.29, 0.717) is 5.56 Å². The Morgan fingerprint density at radius 2 is 1.85 bits per heavy atom. The van der Waals surface area contributed by atoms with Crippen LogP contribution < -0.4 is 5.32 Å². The fraction of sp³-hybridized carbons (Fsp3) is 0.235. The Kier molecular flexibility index (Phi) is 4.51. The van der Waals surface area contributed by atoms with Crippen LogP contribution in [0.1, 0.15) is 28.4 Å². The normalized spacial score (nSPS) is 10.3. The minimum Gasteiger partial charge on any atom is -0.377 e. The monoisotopic (exact) mass is 271 g/mol. The molecule has 2 nitrogen and oxygen atoms in total. The summed E-state index contributed by atoms with van der Waals surface area (Å²) in [5.41, 5.74) is 3.85. The lowest BCUT2D eigenvalue weighted by molar-refractivity contribution is 0.101. The molecule has 0 aliphatic heterocycles. The van der Waals surface area contributed by atoms with Crippen molar-refractivity contribution in [3.63, 3.8) is 0 Å². The molecular weight excluding hydrogens is 253 g/mol. The summed E-state index contributed by atoms with van der Waals surface area (Å²) in [6, 6.07) is 11.7. The van der Waals surface area contributed by atoms with E-state index in [1.165, 1.54) is 29.8 Å². The van der Waals surface area contributed by atoms with Crippen LogP contribution in [0.25, 0.3) is 0 Å². The summed E-state index contributed by atoms with van der Waals surface area (Å²) in [5.74, 6) is -0.378. The molecule has 0 heterocycles. The minimum absolute atomic E-state index is 0.0460. The first-order chi connectivity index (χ1) is 9.61. The number of ketones is 1. The van der Waals surface area contributed by atoms with Gasteiger partial charge in [0, 0.05) is 11.3 Å². The third-order valence-corrected chi connectivity index (χ3v) is 3.33. The highest BCUT2D eigenvalue weighted by Gasteiger charge is 2.08. The molecule has 3 heteroatoms. The third-order valence-electron chi connectivity index (χ3n) is 3.33. The van der Waals surface area contributed by atoms with Crippen LogP contribution in [0, 0.1) is 12.7 Å². The number of benzene rings is 2. The van der Waals surface area contributed by atoms with Crippen LogP contribution in [-0.2, 0) is 6.42 Å². The van der Waals surface area contributed by atoms with Crippen molar-refractivity contribution in [1.82, 2.24) is 0 Å². The van der Waals surface area contributed by atoms with E-state index >= 15 is 0 Å². The van der Waals surface area contributed by atoms with Crippen molar-refractivity contribution in [3.8, 4) is 0 Å². The van der Waals surface area contributed by atoms with Crippen LogP contribution in [0.3, 0.4) is 0 Å². The molecule has 0 saturated carbocycles. The zero-order valence-electron chi connectivity index (χ0n) is 11.7. The lowest BCUT2D eigenvalue weighted by Crippen LogP contribution is -2.15. The molecule has 2 aromatic carbocycles. The second kappa shape index (κ2) is 6.33. The van der Waals surface area contributed by atoms with Crippen molar-refractivity contribution in [2.24, 2.45) is 0 Å². The van der Waals surface area contributed by atoms with Gasteiger partial charge in [0.05, 0.1) is 6.54 Å². The summed E-state index contributed by atoms with van der Waals surface area (Å²) in [4.78, 5) is 12.1. The molecule has 0 saturated heterocycles. The van der Waals surface area contributed by atoms with E-state index in [9.17, 15) is 9.18 Å². The van der Waals surface area contributed by atoms with E-state index in [-0.39, 0.29) is 18.1 Å². The maximum Gasteiger partial charge on any atom is 0.181 e. The van der Waals surface area contributed by atoms with Crippen molar-refractivity contribution in [1.29, 1.82) is 0 Å². The third kappa shape index (κ3) is 3.23. The van der Waals surface area contributed by atoms with Gasteiger partial charge in [-0.25, -0.2) is 4.39 Å². The maximum absolute atomic E-state index is 12.8. The Morgan fingerprint density at radius 3 is 2.50 bits per heavy atom. The lowest BCUT2D eigenvalue weighted by Gasteiger charge is -2.13. The summed E-state index contributed by atoms with van der Waals surface area (Å²) in [6.07, 6.45) is 0.911. The van der Waals surface area contributed by atoms with Crippen molar-refractivity contribution < 1.29 is 9.18 Å². The number of Topliss-reactive ketones (excluding diaryl/α,β-unsaturated/α-hetero) is 1. The molecule has 1 N–H and O–H groups in total. The molecule has 2 rings (SSSR count). The van der Waals surface area contributed by atoms with E-state index in [1.54, 1.807) is 0 Å². The molecule has 0 spiro atoms. The molecule has 2 aromatic rings. The molecule has 0 aliphatic rings. The fourth-order valence-electron chi connectivity index (χ4n) is 2.18. The van der Waals surface area contributed by atoms with Crippen LogP contribution >= 0.6 is 0 Å². The quantitative estimate of drug-likeness (QED) is 0.833. The van der Waals surface area contributed by atoms with Gasteiger partial charge in [-0.3, -0.25) is 4.79 Å². The Bertz CT molecular complexity index is 605. The second-order valence-corrected chi connectivity index (χ2v) is 4.75. The first-order valence-corrected chi connectivity index (χ1v) is 6.73. The van der Waals surface area contributed by atoms with Gasteiger partial charge in [0.15, 0.2) is 5.78 Å². The van der Waals surface area contributed by atoms with Crippen molar-refractivity contribution in [2.75, 3.05) is 11.9 Å². The average molecular weight is 271 g/mol. The minimum atomic E-state index is -0.332. The first kappa shape index (κ1) is 14.3. The van der Waals surface area contributed by atoms with E-state index in [4.69, 9.17) is 0 Å².